The molecule has 0 spiro atoms. The van der Waals surface area contributed by atoms with E-state index in [9.17, 15) is 24.3 Å². The van der Waals surface area contributed by atoms with Gasteiger partial charge in [-0.1, -0.05) is 42.5 Å². The lowest BCUT2D eigenvalue weighted by Crippen LogP contribution is -2.32. The lowest BCUT2D eigenvalue weighted by atomic mass is 10.0. The zero-order valence-electron chi connectivity index (χ0n) is 16.5. The molecule has 0 saturated carbocycles. The molecular formula is C24H18N2O5. The molecule has 0 unspecified atom stereocenters. The number of aromatic carboxylic acids is 1. The lowest BCUT2D eigenvalue weighted by molar-refractivity contribution is 0.0593. The van der Waals surface area contributed by atoms with Crippen LogP contribution in [0.4, 0.5) is 5.69 Å². The molecule has 0 radical (unpaired) electrons. The monoisotopic (exact) mass is 414 g/mol. The Morgan fingerprint density at radius 1 is 0.871 bits per heavy atom. The molecule has 0 aliphatic carbocycles. The maximum absolute atomic E-state index is 13.0. The van der Waals surface area contributed by atoms with Gasteiger partial charge >= 0.3 is 5.97 Å². The molecule has 4 rings (SSSR count). The Bertz CT molecular complexity index is 1220. The number of carbonyl (C=O) groups excluding carboxylic acids is 3. The summed E-state index contributed by atoms with van der Waals surface area (Å²) in [4.78, 5) is 51.1. The molecule has 0 fully saturated rings. The molecule has 3 aromatic rings. The molecule has 1 heterocycles. The standard InChI is InChI=1S/C24H18N2O5/c1-14(15-7-3-2-4-8-15)26-22(28)17-12-11-16(13-19(17)23(26)29)21(27)25-20-10-6-5-9-18(20)24(30)31/h2-14H,1H3,(H,25,27)(H,30,31)/t14-/m0/s1. The van der Waals surface area contributed by atoms with E-state index in [-0.39, 0.29) is 27.9 Å². The van der Waals surface area contributed by atoms with Gasteiger partial charge in [-0.3, -0.25) is 19.3 Å². The Balaban J connectivity index is 1.62. The number of carboxylic acid groups (broad SMARTS) is 1. The largest absolute Gasteiger partial charge is 0.478 e. The number of imide groups is 1. The number of anilines is 1. The first-order valence-corrected chi connectivity index (χ1v) is 9.59. The molecular weight excluding hydrogens is 396 g/mol. The number of rotatable bonds is 5. The van der Waals surface area contributed by atoms with Crippen LogP contribution in [0.5, 0.6) is 0 Å². The van der Waals surface area contributed by atoms with Gasteiger partial charge in [-0.15, -0.1) is 0 Å². The van der Waals surface area contributed by atoms with E-state index in [1.807, 2.05) is 30.3 Å². The van der Waals surface area contributed by atoms with Gasteiger partial charge in [-0.05, 0) is 42.8 Å². The number of carboxylic acids is 1. The van der Waals surface area contributed by atoms with Crippen molar-refractivity contribution in [1.29, 1.82) is 0 Å². The van der Waals surface area contributed by atoms with Crippen molar-refractivity contribution in [3.63, 3.8) is 0 Å². The molecule has 7 nitrogen and oxygen atoms in total. The fourth-order valence-corrected chi connectivity index (χ4v) is 3.61. The van der Waals surface area contributed by atoms with Crippen molar-refractivity contribution >= 4 is 29.4 Å². The minimum Gasteiger partial charge on any atom is -0.478 e. The predicted octanol–water partition coefficient (Wildman–Crippen LogP) is 3.99. The Labute approximate surface area is 177 Å². The zero-order valence-corrected chi connectivity index (χ0v) is 16.5. The first-order chi connectivity index (χ1) is 14.9. The number of amides is 3. The molecule has 7 heteroatoms. The molecule has 154 valence electrons. The van der Waals surface area contributed by atoms with Crippen LogP contribution in [0, 0.1) is 0 Å². The van der Waals surface area contributed by atoms with Crippen molar-refractivity contribution in [3.8, 4) is 0 Å². The zero-order chi connectivity index (χ0) is 22.1. The minimum absolute atomic E-state index is 0.0499. The van der Waals surface area contributed by atoms with Crippen LogP contribution >= 0.6 is 0 Å². The van der Waals surface area contributed by atoms with Gasteiger partial charge in [-0.2, -0.15) is 0 Å². The Morgan fingerprint density at radius 2 is 1.52 bits per heavy atom. The third kappa shape index (κ3) is 3.57. The second-order valence-corrected chi connectivity index (χ2v) is 7.13. The van der Waals surface area contributed by atoms with Crippen molar-refractivity contribution in [1.82, 2.24) is 4.90 Å². The van der Waals surface area contributed by atoms with Gasteiger partial charge in [-0.25, -0.2) is 4.79 Å². The van der Waals surface area contributed by atoms with Gasteiger partial charge in [0.15, 0.2) is 0 Å². The molecule has 0 saturated heterocycles. The summed E-state index contributed by atoms with van der Waals surface area (Å²) in [5.41, 5.74) is 1.44. The van der Waals surface area contributed by atoms with Crippen molar-refractivity contribution < 1.29 is 24.3 Å². The quantitative estimate of drug-likeness (QED) is 0.615. The number of nitrogens with zero attached hydrogens (tertiary/aromatic N) is 1. The van der Waals surface area contributed by atoms with Gasteiger partial charge < -0.3 is 10.4 Å². The molecule has 1 aliphatic rings. The number of fused-ring (bicyclic) bond motifs is 1. The van der Waals surface area contributed by atoms with Crippen LogP contribution in [0.1, 0.15) is 60.0 Å². The maximum Gasteiger partial charge on any atom is 0.337 e. The van der Waals surface area contributed by atoms with E-state index in [1.54, 1.807) is 19.1 Å². The minimum atomic E-state index is -1.17. The summed E-state index contributed by atoms with van der Waals surface area (Å²) in [7, 11) is 0. The number of hydrogen-bond acceptors (Lipinski definition) is 4. The molecule has 1 atom stereocenters. The molecule has 3 aromatic carbocycles. The highest BCUT2D eigenvalue weighted by Gasteiger charge is 2.39. The van der Waals surface area contributed by atoms with Gasteiger partial charge in [0.25, 0.3) is 17.7 Å². The summed E-state index contributed by atoms with van der Waals surface area (Å²) in [5.74, 6) is -2.64. The lowest BCUT2D eigenvalue weighted by Gasteiger charge is -2.22. The van der Waals surface area contributed by atoms with E-state index >= 15 is 0 Å². The van der Waals surface area contributed by atoms with Crippen LogP contribution in [0.15, 0.2) is 72.8 Å². The van der Waals surface area contributed by atoms with Crippen molar-refractivity contribution in [2.45, 2.75) is 13.0 Å². The van der Waals surface area contributed by atoms with Crippen molar-refractivity contribution in [2.75, 3.05) is 5.32 Å². The number of hydrogen-bond donors (Lipinski definition) is 2. The van der Waals surface area contributed by atoms with Gasteiger partial charge in [0.05, 0.1) is 28.4 Å². The second-order valence-electron chi connectivity index (χ2n) is 7.13. The number of para-hydroxylation sites is 1. The van der Waals surface area contributed by atoms with E-state index in [0.29, 0.717) is 0 Å². The second kappa shape index (κ2) is 7.87. The average Bonchev–Trinajstić information content (AvgIpc) is 3.03. The predicted molar refractivity (Wildman–Crippen MR) is 113 cm³/mol. The first-order valence-electron chi connectivity index (χ1n) is 9.59. The highest BCUT2D eigenvalue weighted by Crippen LogP contribution is 2.32. The van der Waals surface area contributed by atoms with Gasteiger partial charge in [0.2, 0.25) is 0 Å². The Hall–Kier alpha value is -4.26. The SMILES string of the molecule is C[C@@H](c1ccccc1)N1C(=O)c2ccc(C(=O)Nc3ccccc3C(=O)O)cc2C1=O. The number of carbonyl (C=O) groups is 4. The van der Waals surface area contributed by atoms with Gasteiger partial charge in [0, 0.05) is 5.56 Å². The summed E-state index contributed by atoms with van der Waals surface area (Å²) < 4.78 is 0. The first kappa shape index (κ1) is 20.0. The third-order valence-electron chi connectivity index (χ3n) is 5.26. The van der Waals surface area contributed by atoms with Crippen LogP contribution in [-0.2, 0) is 0 Å². The van der Waals surface area contributed by atoms with E-state index in [1.165, 1.54) is 35.2 Å². The fourth-order valence-electron chi connectivity index (χ4n) is 3.61. The topological polar surface area (TPSA) is 104 Å². The van der Waals surface area contributed by atoms with Crippen LogP contribution in [0.3, 0.4) is 0 Å². The number of nitrogens with one attached hydrogen (secondary N) is 1. The maximum atomic E-state index is 13.0. The van der Waals surface area contributed by atoms with Crippen LogP contribution < -0.4 is 5.32 Å². The molecule has 31 heavy (non-hydrogen) atoms. The molecule has 1 aliphatic heterocycles. The number of benzene rings is 3. The van der Waals surface area contributed by atoms with E-state index in [0.717, 1.165) is 5.56 Å². The van der Waals surface area contributed by atoms with Crippen LogP contribution in [-0.4, -0.2) is 33.7 Å². The van der Waals surface area contributed by atoms with E-state index < -0.39 is 29.7 Å². The molecule has 0 bridgehead atoms. The van der Waals surface area contributed by atoms with E-state index in [2.05, 4.69) is 5.32 Å². The summed E-state index contributed by atoms with van der Waals surface area (Å²) in [5, 5.41) is 11.8. The van der Waals surface area contributed by atoms with Crippen LogP contribution in [0.2, 0.25) is 0 Å². The van der Waals surface area contributed by atoms with E-state index in [4.69, 9.17) is 0 Å². The normalized spacial score (nSPS) is 13.6. The third-order valence-corrected chi connectivity index (χ3v) is 5.26. The van der Waals surface area contributed by atoms with Crippen LogP contribution in [0.25, 0.3) is 0 Å². The Kier molecular flexibility index (Phi) is 5.09. The summed E-state index contributed by atoms with van der Waals surface area (Å²) >= 11 is 0. The Morgan fingerprint density at radius 3 is 2.23 bits per heavy atom. The van der Waals surface area contributed by atoms with Crippen molar-refractivity contribution in [3.05, 3.63) is 101 Å². The summed E-state index contributed by atoms with van der Waals surface area (Å²) in [6.45, 7) is 1.77. The highest BCUT2D eigenvalue weighted by atomic mass is 16.4. The highest BCUT2D eigenvalue weighted by molar-refractivity contribution is 6.22. The van der Waals surface area contributed by atoms with Gasteiger partial charge in [0.1, 0.15) is 0 Å². The molecule has 2 N–H and O–H groups in total. The summed E-state index contributed by atoms with van der Waals surface area (Å²) in [6.07, 6.45) is 0. The molecule has 3 amide bonds. The summed E-state index contributed by atoms with van der Waals surface area (Å²) in [6, 6.07) is 19.0. The van der Waals surface area contributed by atoms with Crippen molar-refractivity contribution in [2.24, 2.45) is 0 Å². The smallest absolute Gasteiger partial charge is 0.337 e. The fraction of sp³-hybridized carbons (Fsp3) is 0.0833. The average molecular weight is 414 g/mol. The molecule has 0 aromatic heterocycles.